The number of amides is 3. The third-order valence-corrected chi connectivity index (χ3v) is 6.30. The van der Waals surface area contributed by atoms with E-state index < -0.39 is 0 Å². The van der Waals surface area contributed by atoms with Crippen LogP contribution in [-0.2, 0) is 19.0 Å². The van der Waals surface area contributed by atoms with Gasteiger partial charge in [-0.25, -0.2) is 4.79 Å². The molecule has 12 heteroatoms. The van der Waals surface area contributed by atoms with Gasteiger partial charge in [-0.2, -0.15) is 11.8 Å². The molecule has 0 aromatic carbocycles. The van der Waals surface area contributed by atoms with E-state index in [2.05, 4.69) is 26.0 Å². The van der Waals surface area contributed by atoms with E-state index in [0.29, 0.717) is 64.4 Å². The number of rotatable bonds is 17. The number of carbonyl (C=O) groups excluding carboxylic acids is 2. The van der Waals surface area contributed by atoms with Crippen molar-refractivity contribution in [1.82, 2.24) is 16.0 Å². The van der Waals surface area contributed by atoms with Gasteiger partial charge in [-0.3, -0.25) is 4.79 Å². The number of urea groups is 1. The van der Waals surface area contributed by atoms with Gasteiger partial charge in [0.1, 0.15) is 0 Å². The maximum absolute atomic E-state index is 11.9. The predicted octanol–water partition coefficient (Wildman–Crippen LogP) is 1.19. The molecule has 0 bridgehead atoms. The Hall–Kier alpha value is -1.72. The number of fused-ring (bicyclic) bond motifs is 1. The van der Waals surface area contributed by atoms with E-state index in [1.807, 2.05) is 11.8 Å². The summed E-state index contributed by atoms with van der Waals surface area (Å²) in [5, 5.41) is 12.6. The standard InChI is InChI=1S/C18H32N6O5S/c19-24-21-6-8-28-10-12-29-11-9-27-7-5-20-16(25)4-2-1-3-15-17-14(13-30-15)22-18(26)23-17/h14-15,17H,1-13H2,(H,20,25)(H2,22,23,26)/t14?,15-,17-/m0/s1. The first-order valence-electron chi connectivity index (χ1n) is 10.4. The van der Waals surface area contributed by atoms with Crippen LogP contribution in [-0.4, -0.2) is 87.8 Å². The van der Waals surface area contributed by atoms with Crippen LogP contribution in [0.2, 0.25) is 0 Å². The highest BCUT2D eigenvalue weighted by atomic mass is 32.2. The molecule has 0 radical (unpaired) electrons. The highest BCUT2D eigenvalue weighted by molar-refractivity contribution is 8.00. The molecular formula is C18H32N6O5S. The summed E-state index contributed by atoms with van der Waals surface area (Å²) in [6, 6.07) is 0.426. The van der Waals surface area contributed by atoms with Crippen LogP contribution in [0.5, 0.6) is 0 Å². The van der Waals surface area contributed by atoms with Crippen molar-refractivity contribution in [2.24, 2.45) is 5.11 Å². The van der Waals surface area contributed by atoms with E-state index in [9.17, 15) is 9.59 Å². The summed E-state index contributed by atoms with van der Waals surface area (Å²) in [5.74, 6) is 1.01. The Kier molecular flexibility index (Phi) is 12.4. The van der Waals surface area contributed by atoms with E-state index in [1.165, 1.54) is 0 Å². The minimum absolute atomic E-state index is 0.0421. The summed E-state index contributed by atoms with van der Waals surface area (Å²) in [6.07, 6.45) is 3.36. The van der Waals surface area contributed by atoms with Crippen molar-refractivity contribution in [2.75, 3.05) is 58.5 Å². The zero-order valence-corrected chi connectivity index (χ0v) is 18.0. The molecule has 170 valence electrons. The molecule has 2 aliphatic rings. The lowest BCUT2D eigenvalue weighted by Crippen LogP contribution is -2.36. The Morgan fingerprint density at radius 2 is 1.87 bits per heavy atom. The molecule has 3 atom stereocenters. The number of azide groups is 1. The molecule has 2 saturated heterocycles. The topological polar surface area (TPSA) is 147 Å². The average Bonchev–Trinajstić information content (AvgIpc) is 3.28. The highest BCUT2D eigenvalue weighted by Crippen LogP contribution is 2.33. The summed E-state index contributed by atoms with van der Waals surface area (Å²) in [4.78, 5) is 25.9. The van der Waals surface area contributed by atoms with Crippen molar-refractivity contribution < 1.29 is 23.8 Å². The number of nitrogens with one attached hydrogen (secondary N) is 3. The minimum atomic E-state index is -0.0589. The normalized spacial score (nSPS) is 22.1. The third kappa shape index (κ3) is 9.86. The molecule has 2 aliphatic heterocycles. The van der Waals surface area contributed by atoms with Crippen molar-refractivity contribution in [3.8, 4) is 0 Å². The fraction of sp³-hybridized carbons (Fsp3) is 0.889. The molecule has 0 aromatic rings. The van der Waals surface area contributed by atoms with Crippen LogP contribution >= 0.6 is 11.8 Å². The summed E-state index contributed by atoms with van der Waals surface area (Å²) in [7, 11) is 0. The second-order valence-corrected chi connectivity index (χ2v) is 8.28. The van der Waals surface area contributed by atoms with Gasteiger partial charge in [0.05, 0.1) is 51.7 Å². The van der Waals surface area contributed by atoms with Gasteiger partial charge in [0.2, 0.25) is 5.91 Å². The molecule has 2 rings (SSSR count). The van der Waals surface area contributed by atoms with Gasteiger partial charge in [0.15, 0.2) is 0 Å². The van der Waals surface area contributed by atoms with Gasteiger partial charge in [0.25, 0.3) is 0 Å². The molecule has 30 heavy (non-hydrogen) atoms. The van der Waals surface area contributed by atoms with Gasteiger partial charge < -0.3 is 30.2 Å². The molecule has 2 fully saturated rings. The van der Waals surface area contributed by atoms with E-state index in [-0.39, 0.29) is 24.0 Å². The maximum Gasteiger partial charge on any atom is 0.315 e. The zero-order chi connectivity index (χ0) is 21.4. The molecule has 11 nitrogen and oxygen atoms in total. The Balaban J connectivity index is 1.32. The number of hydrogen-bond acceptors (Lipinski definition) is 7. The Morgan fingerprint density at radius 1 is 1.13 bits per heavy atom. The number of thioether (sulfide) groups is 1. The van der Waals surface area contributed by atoms with Gasteiger partial charge in [-0.15, -0.1) is 0 Å². The fourth-order valence-corrected chi connectivity index (χ4v) is 4.86. The number of nitrogens with zero attached hydrogens (tertiary/aromatic N) is 3. The largest absolute Gasteiger partial charge is 0.379 e. The summed E-state index contributed by atoms with van der Waals surface area (Å²) >= 11 is 1.90. The highest BCUT2D eigenvalue weighted by Gasteiger charge is 2.42. The number of ether oxygens (including phenoxy) is 3. The van der Waals surface area contributed by atoms with Crippen molar-refractivity contribution in [3.63, 3.8) is 0 Å². The predicted molar refractivity (Wildman–Crippen MR) is 113 cm³/mol. The SMILES string of the molecule is [N-]=[N+]=NCCOCCOCCOCCNC(=O)CCCC[C@@H]1SCC2NC(=O)N[C@@H]21. The summed E-state index contributed by atoms with van der Waals surface area (Å²) in [5.41, 5.74) is 8.10. The number of hydrogen-bond donors (Lipinski definition) is 3. The second kappa shape index (κ2) is 15.1. The lowest BCUT2D eigenvalue weighted by Gasteiger charge is -2.16. The van der Waals surface area contributed by atoms with Crippen molar-refractivity contribution in [2.45, 2.75) is 43.0 Å². The average molecular weight is 445 g/mol. The molecule has 0 spiro atoms. The van der Waals surface area contributed by atoms with Gasteiger partial charge in [-0.1, -0.05) is 11.5 Å². The monoisotopic (exact) mass is 444 g/mol. The Morgan fingerprint density at radius 3 is 2.63 bits per heavy atom. The Labute approximate surface area is 181 Å². The minimum Gasteiger partial charge on any atom is -0.379 e. The summed E-state index contributed by atoms with van der Waals surface area (Å²) in [6.45, 7) is 3.48. The number of carbonyl (C=O) groups is 2. The Bertz CT molecular complexity index is 577. The molecule has 0 saturated carbocycles. The van der Waals surface area contributed by atoms with Gasteiger partial charge in [0, 0.05) is 35.4 Å². The molecule has 0 aliphatic carbocycles. The molecular weight excluding hydrogens is 412 g/mol. The van der Waals surface area contributed by atoms with Crippen LogP contribution in [0.1, 0.15) is 25.7 Å². The van der Waals surface area contributed by atoms with E-state index in [0.717, 1.165) is 25.0 Å². The first kappa shape index (κ1) is 24.5. The van der Waals surface area contributed by atoms with E-state index in [4.69, 9.17) is 19.7 Å². The smallest absolute Gasteiger partial charge is 0.315 e. The first-order chi connectivity index (χ1) is 14.7. The van der Waals surface area contributed by atoms with E-state index in [1.54, 1.807) is 0 Å². The summed E-state index contributed by atoms with van der Waals surface area (Å²) < 4.78 is 15.9. The van der Waals surface area contributed by atoms with Crippen molar-refractivity contribution in [3.05, 3.63) is 10.4 Å². The van der Waals surface area contributed by atoms with Crippen molar-refractivity contribution >= 4 is 23.7 Å². The van der Waals surface area contributed by atoms with Crippen LogP contribution in [0, 0.1) is 0 Å². The van der Waals surface area contributed by atoms with Crippen LogP contribution < -0.4 is 16.0 Å². The second-order valence-electron chi connectivity index (χ2n) is 7.01. The first-order valence-corrected chi connectivity index (χ1v) is 11.4. The van der Waals surface area contributed by atoms with Crippen LogP contribution in [0.4, 0.5) is 4.79 Å². The number of unbranched alkanes of at least 4 members (excludes halogenated alkanes) is 1. The molecule has 1 unspecified atom stereocenters. The molecule has 3 amide bonds. The van der Waals surface area contributed by atoms with Crippen LogP contribution in [0.25, 0.3) is 10.4 Å². The molecule has 3 N–H and O–H groups in total. The van der Waals surface area contributed by atoms with Crippen LogP contribution in [0.15, 0.2) is 5.11 Å². The lowest BCUT2D eigenvalue weighted by molar-refractivity contribution is -0.121. The molecule has 0 aromatic heterocycles. The van der Waals surface area contributed by atoms with E-state index >= 15 is 0 Å². The zero-order valence-electron chi connectivity index (χ0n) is 17.2. The van der Waals surface area contributed by atoms with Crippen molar-refractivity contribution in [1.29, 1.82) is 0 Å². The fourth-order valence-electron chi connectivity index (χ4n) is 3.32. The van der Waals surface area contributed by atoms with Gasteiger partial charge in [-0.05, 0) is 18.4 Å². The lowest BCUT2D eigenvalue weighted by atomic mass is 10.0. The maximum atomic E-state index is 11.9. The van der Waals surface area contributed by atoms with Gasteiger partial charge >= 0.3 is 6.03 Å². The molecule has 2 heterocycles. The quantitative estimate of drug-likeness (QED) is 0.101. The third-order valence-electron chi connectivity index (χ3n) is 4.79. The van der Waals surface area contributed by atoms with Crippen LogP contribution in [0.3, 0.4) is 0 Å².